The van der Waals surface area contributed by atoms with E-state index in [0.29, 0.717) is 47.7 Å². The highest BCUT2D eigenvalue weighted by Crippen LogP contribution is 2.37. The van der Waals surface area contributed by atoms with Gasteiger partial charge in [0.05, 0.1) is 10.4 Å². The van der Waals surface area contributed by atoms with E-state index in [1.54, 1.807) is 12.1 Å². The van der Waals surface area contributed by atoms with Gasteiger partial charge in [-0.2, -0.15) is 13.2 Å². The molecule has 2 aliphatic rings. The van der Waals surface area contributed by atoms with E-state index in [0.717, 1.165) is 34.2 Å². The van der Waals surface area contributed by atoms with E-state index in [-0.39, 0.29) is 23.9 Å². The molecule has 3 aromatic carbocycles. The molecule has 1 aromatic heterocycles. The second-order valence-electron chi connectivity index (χ2n) is 10.5. The molecule has 2 saturated heterocycles. The van der Waals surface area contributed by atoms with Gasteiger partial charge in [0, 0.05) is 48.5 Å². The maximum atomic E-state index is 13.3. The van der Waals surface area contributed by atoms with Crippen LogP contribution >= 0.6 is 11.3 Å². The molecule has 0 bridgehead atoms. The van der Waals surface area contributed by atoms with Gasteiger partial charge in [0.15, 0.2) is 0 Å². The van der Waals surface area contributed by atoms with Crippen molar-refractivity contribution in [1.82, 2.24) is 15.1 Å². The zero-order valence-electron chi connectivity index (χ0n) is 21.9. The maximum Gasteiger partial charge on any atom is 0.416 e. The van der Waals surface area contributed by atoms with Gasteiger partial charge < -0.3 is 15.1 Å². The lowest BCUT2D eigenvalue weighted by Gasteiger charge is -2.41. The number of nitrogens with one attached hydrogen (secondary N) is 1. The molecule has 206 valence electrons. The molecule has 4 aromatic rings. The lowest BCUT2D eigenvalue weighted by atomic mass is 10.00. The molecular formula is C31H28F3N3O2S. The Labute approximate surface area is 234 Å². The third-order valence-corrected chi connectivity index (χ3v) is 9.05. The average Bonchev–Trinajstić information content (AvgIpc) is 3.54. The Kier molecular flexibility index (Phi) is 6.88. The molecule has 6 rings (SSSR count). The quantitative estimate of drug-likeness (QED) is 0.314. The fourth-order valence-electron chi connectivity index (χ4n) is 5.55. The van der Waals surface area contributed by atoms with Crippen LogP contribution in [0.2, 0.25) is 0 Å². The van der Waals surface area contributed by atoms with Gasteiger partial charge in [-0.1, -0.05) is 36.4 Å². The number of hydrogen-bond donors (Lipinski definition) is 1. The summed E-state index contributed by atoms with van der Waals surface area (Å²) in [6.07, 6.45) is -3.52. The van der Waals surface area contributed by atoms with Crippen molar-refractivity contribution in [2.75, 3.05) is 26.2 Å². The number of hydrogen-bond acceptors (Lipinski definition) is 4. The van der Waals surface area contributed by atoms with Crippen molar-refractivity contribution in [3.63, 3.8) is 0 Å². The van der Waals surface area contributed by atoms with Gasteiger partial charge in [-0.25, -0.2) is 0 Å². The molecule has 9 heteroatoms. The van der Waals surface area contributed by atoms with Crippen LogP contribution in [0, 0.1) is 6.92 Å². The largest absolute Gasteiger partial charge is 0.416 e. The van der Waals surface area contributed by atoms with Gasteiger partial charge in [0.1, 0.15) is 0 Å². The molecule has 0 aliphatic carbocycles. The lowest BCUT2D eigenvalue weighted by molar-refractivity contribution is -0.137. The zero-order valence-corrected chi connectivity index (χ0v) is 22.7. The van der Waals surface area contributed by atoms with Crippen LogP contribution < -0.4 is 5.32 Å². The summed E-state index contributed by atoms with van der Waals surface area (Å²) in [5, 5.41) is 4.49. The number of amides is 2. The standard InChI is InChI=1S/C31H28F3N3O2S/c1-19-26-15-22(21-8-5-9-23(14-21)31(32,33)34)10-11-27(26)40-28(19)30(39)37-17-25(18-37)35-24-12-13-36(16-24)29(38)20-6-3-2-4-7-20/h2-11,14-15,24-25,35H,12-13,16-18H2,1H3/t24-/m0/s1. The molecule has 1 N–H and O–H groups in total. The normalized spacial score (nSPS) is 17.9. The number of likely N-dealkylation sites (tertiary alicyclic amines) is 2. The van der Waals surface area contributed by atoms with Crippen LogP contribution in [0.4, 0.5) is 13.2 Å². The Hall–Kier alpha value is -3.69. The van der Waals surface area contributed by atoms with Crippen molar-refractivity contribution in [2.45, 2.75) is 31.6 Å². The molecule has 0 spiro atoms. The fourth-order valence-corrected chi connectivity index (χ4v) is 6.71. The highest BCUT2D eigenvalue weighted by Gasteiger charge is 2.36. The van der Waals surface area contributed by atoms with Crippen molar-refractivity contribution < 1.29 is 22.8 Å². The van der Waals surface area contributed by atoms with Crippen molar-refractivity contribution in [3.05, 3.63) is 94.4 Å². The van der Waals surface area contributed by atoms with E-state index in [1.807, 2.05) is 59.2 Å². The lowest BCUT2D eigenvalue weighted by Crippen LogP contribution is -2.62. The summed E-state index contributed by atoms with van der Waals surface area (Å²) in [5.41, 5.74) is 2.04. The maximum absolute atomic E-state index is 13.3. The number of nitrogens with zero attached hydrogens (tertiary/aromatic N) is 2. The van der Waals surface area contributed by atoms with Crippen LogP contribution in [0.3, 0.4) is 0 Å². The Bertz CT molecular complexity index is 1580. The van der Waals surface area contributed by atoms with Crippen LogP contribution in [0.1, 0.15) is 37.6 Å². The van der Waals surface area contributed by atoms with Gasteiger partial charge in [-0.05, 0) is 71.8 Å². The monoisotopic (exact) mass is 563 g/mol. The molecule has 5 nitrogen and oxygen atoms in total. The van der Waals surface area contributed by atoms with E-state index >= 15 is 0 Å². The molecule has 3 heterocycles. The first-order valence-electron chi connectivity index (χ1n) is 13.3. The van der Waals surface area contributed by atoms with Crippen molar-refractivity contribution in [1.29, 1.82) is 0 Å². The Morgan fingerprint density at radius 2 is 1.57 bits per heavy atom. The van der Waals surface area contributed by atoms with Crippen molar-refractivity contribution >= 4 is 33.2 Å². The highest BCUT2D eigenvalue weighted by molar-refractivity contribution is 7.21. The van der Waals surface area contributed by atoms with E-state index in [2.05, 4.69) is 5.32 Å². The van der Waals surface area contributed by atoms with Crippen LogP contribution in [-0.2, 0) is 6.18 Å². The second-order valence-corrected chi connectivity index (χ2v) is 11.6. The summed E-state index contributed by atoms with van der Waals surface area (Å²) in [5.74, 6) is 0.0245. The van der Waals surface area contributed by atoms with Crippen LogP contribution in [-0.4, -0.2) is 59.9 Å². The summed E-state index contributed by atoms with van der Waals surface area (Å²) in [4.78, 5) is 30.4. The smallest absolute Gasteiger partial charge is 0.337 e. The van der Waals surface area contributed by atoms with Crippen LogP contribution in [0.5, 0.6) is 0 Å². The summed E-state index contributed by atoms with van der Waals surface area (Å²) >= 11 is 1.42. The molecule has 40 heavy (non-hydrogen) atoms. The number of fused-ring (bicyclic) bond motifs is 1. The Morgan fingerprint density at radius 1 is 0.850 bits per heavy atom. The van der Waals surface area contributed by atoms with Crippen molar-refractivity contribution in [3.8, 4) is 11.1 Å². The highest BCUT2D eigenvalue weighted by atomic mass is 32.1. The topological polar surface area (TPSA) is 52.7 Å². The molecule has 0 saturated carbocycles. The minimum atomic E-state index is -4.40. The molecule has 1 atom stereocenters. The first-order chi connectivity index (χ1) is 19.2. The molecular weight excluding hydrogens is 535 g/mol. The van der Waals surface area contributed by atoms with E-state index in [4.69, 9.17) is 0 Å². The number of aryl methyl sites for hydroxylation is 1. The summed E-state index contributed by atoms with van der Waals surface area (Å²) < 4.78 is 40.5. The fraction of sp³-hybridized carbons (Fsp3) is 0.290. The van der Waals surface area contributed by atoms with Gasteiger partial charge in [-0.3, -0.25) is 9.59 Å². The summed E-state index contributed by atoms with van der Waals surface area (Å²) in [7, 11) is 0. The van der Waals surface area contributed by atoms with Gasteiger partial charge in [0.2, 0.25) is 0 Å². The molecule has 2 amide bonds. The second kappa shape index (κ2) is 10.4. The molecule has 0 radical (unpaired) electrons. The number of carbonyl (C=O) groups excluding carboxylic acids is 2. The number of benzene rings is 3. The number of thiophene rings is 1. The summed E-state index contributed by atoms with van der Waals surface area (Å²) in [6, 6.07) is 20.5. The zero-order chi connectivity index (χ0) is 28.0. The first-order valence-corrected chi connectivity index (χ1v) is 14.1. The molecule has 2 aliphatic heterocycles. The minimum Gasteiger partial charge on any atom is -0.337 e. The Morgan fingerprint density at radius 3 is 2.33 bits per heavy atom. The van der Waals surface area contributed by atoms with Crippen LogP contribution in [0.15, 0.2) is 72.8 Å². The number of halogens is 3. The number of alkyl halides is 3. The number of carbonyl (C=O) groups is 2. The van der Waals surface area contributed by atoms with E-state index in [9.17, 15) is 22.8 Å². The summed E-state index contributed by atoms with van der Waals surface area (Å²) in [6.45, 7) is 4.47. The third kappa shape index (κ3) is 5.11. The first kappa shape index (κ1) is 26.5. The SMILES string of the molecule is Cc1c(C(=O)N2CC(N[C@H]3CCN(C(=O)c4ccccc4)C3)C2)sc2ccc(-c3cccc(C(F)(F)F)c3)cc12. The predicted octanol–water partition coefficient (Wildman–Crippen LogP) is 6.22. The van der Waals surface area contributed by atoms with Gasteiger partial charge in [0.25, 0.3) is 11.8 Å². The third-order valence-electron chi connectivity index (χ3n) is 7.79. The number of rotatable bonds is 5. The van der Waals surface area contributed by atoms with Crippen LogP contribution in [0.25, 0.3) is 21.2 Å². The van der Waals surface area contributed by atoms with Gasteiger partial charge >= 0.3 is 6.18 Å². The average molecular weight is 564 g/mol. The van der Waals surface area contributed by atoms with Gasteiger partial charge in [-0.15, -0.1) is 11.3 Å². The van der Waals surface area contributed by atoms with Crippen molar-refractivity contribution in [2.24, 2.45) is 0 Å². The minimum absolute atomic E-state index is 0.0235. The molecule has 2 fully saturated rings. The molecule has 0 unspecified atom stereocenters. The van der Waals surface area contributed by atoms with E-state index < -0.39 is 11.7 Å². The Balaban J connectivity index is 1.09. The van der Waals surface area contributed by atoms with E-state index in [1.165, 1.54) is 17.4 Å². The predicted molar refractivity (Wildman–Crippen MR) is 151 cm³/mol.